The van der Waals surface area contributed by atoms with Crippen LogP contribution in [0, 0.1) is 5.92 Å². The van der Waals surface area contributed by atoms with E-state index in [1.807, 2.05) is 13.8 Å². The molecule has 17 heavy (non-hydrogen) atoms. The lowest BCUT2D eigenvalue weighted by atomic mass is 9.93. The van der Waals surface area contributed by atoms with Gasteiger partial charge in [-0.05, 0) is 37.1 Å². The van der Waals surface area contributed by atoms with Crippen LogP contribution in [0.2, 0.25) is 0 Å². The van der Waals surface area contributed by atoms with Gasteiger partial charge in [0.2, 0.25) is 0 Å². The van der Waals surface area contributed by atoms with Crippen molar-refractivity contribution in [2.45, 2.75) is 36.8 Å². The molecule has 0 spiro atoms. The van der Waals surface area contributed by atoms with E-state index >= 15 is 0 Å². The van der Waals surface area contributed by atoms with Crippen molar-refractivity contribution in [2.75, 3.05) is 0 Å². The highest BCUT2D eigenvalue weighted by Crippen LogP contribution is 2.40. The van der Waals surface area contributed by atoms with Crippen LogP contribution in [0.5, 0.6) is 5.75 Å². The summed E-state index contributed by atoms with van der Waals surface area (Å²) in [4.78, 5) is 12.3. The molecule has 0 aliphatic carbocycles. The second-order valence-electron chi connectivity index (χ2n) is 4.32. The van der Waals surface area contributed by atoms with Gasteiger partial charge in [-0.1, -0.05) is 20.3 Å². The van der Waals surface area contributed by atoms with Gasteiger partial charge >= 0.3 is 5.97 Å². The summed E-state index contributed by atoms with van der Waals surface area (Å²) < 4.78 is -0.842. The van der Waals surface area contributed by atoms with Crippen LogP contribution < -0.4 is 0 Å². The second kappa shape index (κ2) is 5.45. The molecule has 0 fully saturated rings. The minimum atomic E-state index is -0.842. The van der Waals surface area contributed by atoms with E-state index in [4.69, 9.17) is 0 Å². The summed E-state index contributed by atoms with van der Waals surface area (Å²) in [7, 11) is 0. The van der Waals surface area contributed by atoms with Crippen molar-refractivity contribution in [2.24, 2.45) is 5.92 Å². The average Bonchev–Trinajstić information content (AvgIpc) is 2.30. The van der Waals surface area contributed by atoms with E-state index in [-0.39, 0.29) is 11.7 Å². The van der Waals surface area contributed by atoms with Crippen molar-refractivity contribution in [3.05, 3.63) is 24.3 Å². The SMILES string of the molecule is CCC(C)C(C)(Sc1ccc(O)cc1)C(=O)O. The highest BCUT2D eigenvalue weighted by molar-refractivity contribution is 8.01. The number of thioether (sulfide) groups is 1. The van der Waals surface area contributed by atoms with Gasteiger partial charge in [-0.2, -0.15) is 0 Å². The van der Waals surface area contributed by atoms with E-state index in [0.717, 1.165) is 11.3 Å². The number of carboxylic acids is 1. The van der Waals surface area contributed by atoms with Gasteiger partial charge < -0.3 is 10.2 Å². The molecule has 0 bridgehead atoms. The number of carboxylic acid groups (broad SMARTS) is 1. The molecule has 2 N–H and O–H groups in total. The molecule has 0 saturated heterocycles. The molecule has 3 nitrogen and oxygen atoms in total. The predicted octanol–water partition coefficient (Wildman–Crippen LogP) is 3.37. The maximum absolute atomic E-state index is 11.4. The molecule has 94 valence electrons. The van der Waals surface area contributed by atoms with Crippen LogP contribution in [0.1, 0.15) is 27.2 Å². The number of phenols is 1. The monoisotopic (exact) mass is 254 g/mol. The Hall–Kier alpha value is -1.16. The molecule has 0 heterocycles. The number of phenolic OH excluding ortho intramolecular Hbond substituents is 1. The van der Waals surface area contributed by atoms with Crippen LogP contribution in [-0.4, -0.2) is 20.9 Å². The summed E-state index contributed by atoms with van der Waals surface area (Å²) in [6.07, 6.45) is 0.813. The zero-order valence-electron chi connectivity index (χ0n) is 10.3. The predicted molar refractivity (Wildman–Crippen MR) is 69.5 cm³/mol. The maximum Gasteiger partial charge on any atom is 0.320 e. The smallest absolute Gasteiger partial charge is 0.320 e. The van der Waals surface area contributed by atoms with Crippen molar-refractivity contribution in [1.82, 2.24) is 0 Å². The van der Waals surface area contributed by atoms with Gasteiger partial charge in [-0.3, -0.25) is 4.79 Å². The Balaban J connectivity index is 2.94. The molecule has 1 aromatic carbocycles. The van der Waals surface area contributed by atoms with Crippen LogP contribution in [0.4, 0.5) is 0 Å². The third-order valence-electron chi connectivity index (χ3n) is 3.14. The lowest BCUT2D eigenvalue weighted by Crippen LogP contribution is -2.38. The molecule has 2 atom stereocenters. The van der Waals surface area contributed by atoms with Gasteiger partial charge in [0.15, 0.2) is 0 Å². The number of aromatic hydroxyl groups is 1. The Morgan fingerprint density at radius 3 is 2.35 bits per heavy atom. The molecule has 4 heteroatoms. The molecule has 1 aromatic rings. The molecule has 0 aliphatic heterocycles. The Labute approximate surface area is 106 Å². The maximum atomic E-state index is 11.4. The molecule has 0 aliphatic rings. The summed E-state index contributed by atoms with van der Waals surface area (Å²) in [6.45, 7) is 5.69. The number of hydrogen-bond acceptors (Lipinski definition) is 3. The van der Waals surface area contributed by atoms with E-state index in [1.54, 1.807) is 31.2 Å². The zero-order valence-corrected chi connectivity index (χ0v) is 11.1. The largest absolute Gasteiger partial charge is 0.508 e. The number of aliphatic carboxylic acids is 1. The van der Waals surface area contributed by atoms with E-state index in [1.165, 1.54) is 11.8 Å². The number of benzene rings is 1. The van der Waals surface area contributed by atoms with Crippen molar-refractivity contribution in [3.8, 4) is 5.75 Å². The highest BCUT2D eigenvalue weighted by atomic mass is 32.2. The van der Waals surface area contributed by atoms with Gasteiger partial charge in [0.05, 0.1) is 0 Å². The highest BCUT2D eigenvalue weighted by Gasteiger charge is 2.39. The zero-order chi connectivity index (χ0) is 13.1. The fourth-order valence-corrected chi connectivity index (χ4v) is 2.72. The lowest BCUT2D eigenvalue weighted by Gasteiger charge is -2.30. The Morgan fingerprint density at radius 2 is 1.94 bits per heavy atom. The molecule has 0 amide bonds. The molecular formula is C13H18O3S. The molecule has 2 unspecified atom stereocenters. The first kappa shape index (κ1) is 13.9. The fraction of sp³-hybridized carbons (Fsp3) is 0.462. The minimum absolute atomic E-state index is 0.0683. The molecule has 1 rings (SSSR count). The van der Waals surface area contributed by atoms with Gasteiger partial charge in [0, 0.05) is 4.90 Å². The fourth-order valence-electron chi connectivity index (χ4n) is 1.50. The van der Waals surface area contributed by atoms with Gasteiger partial charge in [0.25, 0.3) is 0 Å². The first-order valence-electron chi connectivity index (χ1n) is 5.61. The van der Waals surface area contributed by atoms with Crippen molar-refractivity contribution >= 4 is 17.7 Å². The third kappa shape index (κ3) is 3.16. The summed E-state index contributed by atoms with van der Waals surface area (Å²) in [6, 6.07) is 6.62. The van der Waals surface area contributed by atoms with E-state index in [0.29, 0.717) is 0 Å². The topological polar surface area (TPSA) is 57.5 Å². The van der Waals surface area contributed by atoms with Gasteiger partial charge in [0.1, 0.15) is 10.5 Å². The van der Waals surface area contributed by atoms with Crippen LogP contribution in [0.15, 0.2) is 29.2 Å². The van der Waals surface area contributed by atoms with Gasteiger partial charge in [-0.15, -0.1) is 11.8 Å². The minimum Gasteiger partial charge on any atom is -0.508 e. The normalized spacial score (nSPS) is 16.2. The van der Waals surface area contributed by atoms with Crippen LogP contribution in [0.3, 0.4) is 0 Å². The van der Waals surface area contributed by atoms with E-state index in [2.05, 4.69) is 0 Å². The number of rotatable bonds is 5. The van der Waals surface area contributed by atoms with Crippen LogP contribution in [0.25, 0.3) is 0 Å². The summed E-state index contributed by atoms with van der Waals surface area (Å²) in [5, 5.41) is 18.6. The lowest BCUT2D eigenvalue weighted by molar-refractivity contribution is -0.140. The van der Waals surface area contributed by atoms with E-state index in [9.17, 15) is 15.0 Å². The quantitative estimate of drug-likeness (QED) is 0.791. The number of hydrogen-bond donors (Lipinski definition) is 2. The molecule has 0 saturated carbocycles. The second-order valence-corrected chi connectivity index (χ2v) is 5.84. The first-order valence-corrected chi connectivity index (χ1v) is 6.43. The van der Waals surface area contributed by atoms with Gasteiger partial charge in [-0.25, -0.2) is 0 Å². The van der Waals surface area contributed by atoms with Crippen molar-refractivity contribution in [3.63, 3.8) is 0 Å². The molecular weight excluding hydrogens is 236 g/mol. The average molecular weight is 254 g/mol. The Kier molecular flexibility index (Phi) is 4.46. The Bertz CT molecular complexity index is 388. The first-order chi connectivity index (χ1) is 7.90. The van der Waals surface area contributed by atoms with Crippen molar-refractivity contribution in [1.29, 1.82) is 0 Å². The molecule has 0 aromatic heterocycles. The standard InChI is InChI=1S/C13H18O3S/c1-4-9(2)13(3,12(15)16)17-11-7-5-10(14)6-8-11/h5-9,14H,4H2,1-3H3,(H,15,16). The number of carbonyl (C=O) groups is 1. The van der Waals surface area contributed by atoms with E-state index < -0.39 is 10.7 Å². The summed E-state index contributed by atoms with van der Waals surface area (Å²) in [5.74, 6) is -0.543. The molecule has 0 radical (unpaired) electrons. The van der Waals surface area contributed by atoms with Crippen LogP contribution in [-0.2, 0) is 4.79 Å². The summed E-state index contributed by atoms with van der Waals surface area (Å²) in [5.41, 5.74) is 0. The third-order valence-corrected chi connectivity index (χ3v) is 4.65. The Morgan fingerprint density at radius 1 is 1.41 bits per heavy atom. The van der Waals surface area contributed by atoms with Crippen LogP contribution >= 0.6 is 11.8 Å². The van der Waals surface area contributed by atoms with Crippen molar-refractivity contribution < 1.29 is 15.0 Å². The summed E-state index contributed by atoms with van der Waals surface area (Å²) >= 11 is 1.33.